The molecular formula is C43H48N8O5. The number of alkyl carbamates (subject to hydrolysis) is 1. The van der Waals surface area contributed by atoms with Crippen molar-refractivity contribution in [3.8, 4) is 33.6 Å². The number of rotatable bonds is 10. The molecule has 0 unspecified atom stereocenters. The zero-order valence-electron chi connectivity index (χ0n) is 32.0. The molecule has 5 aromatic rings. The highest BCUT2D eigenvalue weighted by atomic mass is 16.5. The smallest absolute Gasteiger partial charge is 0.407 e. The van der Waals surface area contributed by atoms with Crippen LogP contribution in [0.5, 0.6) is 0 Å². The quantitative estimate of drug-likeness (QED) is 0.143. The van der Waals surface area contributed by atoms with Crippen molar-refractivity contribution in [2.75, 3.05) is 26.8 Å². The molecule has 6 heterocycles. The summed E-state index contributed by atoms with van der Waals surface area (Å²) in [6.07, 6.45) is 11.1. The number of imidazole rings is 2. The second-order valence-electron chi connectivity index (χ2n) is 15.5. The van der Waals surface area contributed by atoms with Crippen molar-refractivity contribution in [1.29, 1.82) is 0 Å². The summed E-state index contributed by atoms with van der Waals surface area (Å²) in [5.41, 5.74) is 6.54. The molecule has 4 atom stereocenters. The first kappa shape index (κ1) is 37.1. The van der Waals surface area contributed by atoms with Crippen LogP contribution in [-0.4, -0.2) is 91.1 Å². The normalized spacial score (nSPS) is 21.2. The van der Waals surface area contributed by atoms with Gasteiger partial charge < -0.3 is 34.6 Å². The summed E-state index contributed by atoms with van der Waals surface area (Å²) >= 11 is 0. The van der Waals surface area contributed by atoms with Crippen LogP contribution in [-0.2, 0) is 25.5 Å². The van der Waals surface area contributed by atoms with E-state index >= 15 is 0 Å². The number of ether oxygens (including phenoxy) is 2. The van der Waals surface area contributed by atoms with Crippen LogP contribution >= 0.6 is 0 Å². The molecule has 3 saturated heterocycles. The number of hydrogen-bond acceptors (Lipinski definition) is 8. The molecule has 8 rings (SSSR count). The van der Waals surface area contributed by atoms with E-state index in [9.17, 15) is 14.4 Å². The fourth-order valence-electron chi connectivity index (χ4n) is 8.45. The molecule has 13 heteroatoms. The minimum atomic E-state index is -0.681. The molecule has 3 aliphatic rings. The summed E-state index contributed by atoms with van der Waals surface area (Å²) < 4.78 is 11.0. The summed E-state index contributed by atoms with van der Waals surface area (Å²) in [6, 6.07) is 19.4. The Morgan fingerprint density at radius 2 is 1.46 bits per heavy atom. The predicted molar refractivity (Wildman–Crippen MR) is 210 cm³/mol. The molecule has 3 aromatic heterocycles. The number of benzene rings is 2. The van der Waals surface area contributed by atoms with Crippen molar-refractivity contribution in [2.24, 2.45) is 5.92 Å². The highest BCUT2D eigenvalue weighted by Crippen LogP contribution is 2.45. The molecule has 1 spiro atoms. The van der Waals surface area contributed by atoms with Gasteiger partial charge in [0.15, 0.2) is 0 Å². The summed E-state index contributed by atoms with van der Waals surface area (Å²) in [4.78, 5) is 63.5. The fourth-order valence-corrected chi connectivity index (χ4v) is 8.45. The maximum absolute atomic E-state index is 13.6. The van der Waals surface area contributed by atoms with Gasteiger partial charge in [-0.25, -0.2) is 14.8 Å². The first-order valence-electron chi connectivity index (χ1n) is 19.5. The molecule has 3 fully saturated rings. The molecule has 3 N–H and O–H groups in total. The van der Waals surface area contributed by atoms with Crippen LogP contribution in [0.15, 0.2) is 85.5 Å². The minimum absolute atomic E-state index is 0.0634. The number of nitrogens with zero attached hydrogens (tertiary/aromatic N) is 5. The van der Waals surface area contributed by atoms with Gasteiger partial charge in [-0.1, -0.05) is 62.4 Å². The Labute approximate surface area is 326 Å². The molecule has 2 aromatic carbocycles. The van der Waals surface area contributed by atoms with E-state index in [1.165, 1.54) is 7.11 Å². The van der Waals surface area contributed by atoms with E-state index < -0.39 is 12.1 Å². The lowest BCUT2D eigenvalue weighted by Crippen LogP contribution is -2.51. The molecule has 290 valence electrons. The zero-order chi connectivity index (χ0) is 38.8. The number of methoxy groups -OCH3 is 1. The number of carbonyl (C=O) groups is 3. The van der Waals surface area contributed by atoms with E-state index in [1.807, 2.05) is 48.2 Å². The van der Waals surface area contributed by atoms with E-state index in [0.29, 0.717) is 19.5 Å². The van der Waals surface area contributed by atoms with Gasteiger partial charge in [0.1, 0.15) is 17.7 Å². The predicted octanol–water partition coefficient (Wildman–Crippen LogP) is 6.64. The number of pyridine rings is 1. The van der Waals surface area contributed by atoms with Gasteiger partial charge in [-0.2, -0.15) is 0 Å². The highest BCUT2D eigenvalue weighted by molar-refractivity contribution is 5.86. The molecule has 13 nitrogen and oxygen atoms in total. The van der Waals surface area contributed by atoms with Crippen LogP contribution in [0.3, 0.4) is 0 Å². The van der Waals surface area contributed by atoms with E-state index in [4.69, 9.17) is 14.5 Å². The Kier molecular flexibility index (Phi) is 10.4. The lowest BCUT2D eigenvalue weighted by Gasteiger charge is -2.30. The zero-order valence-corrected chi connectivity index (χ0v) is 32.0. The average molecular weight is 757 g/mol. The molecular weight excluding hydrogens is 709 g/mol. The van der Waals surface area contributed by atoms with Crippen LogP contribution in [0.2, 0.25) is 0 Å². The van der Waals surface area contributed by atoms with E-state index in [0.717, 1.165) is 89.6 Å². The summed E-state index contributed by atoms with van der Waals surface area (Å²) in [6.45, 7) is 5.71. The van der Waals surface area contributed by atoms with Crippen LogP contribution in [0.1, 0.15) is 75.2 Å². The number of aromatic nitrogens is 5. The standard InChI is InChI=1S/C43H48N8O5/c1-27(2)38(49-42(54)55-3)41(53)50-20-4-6-35(50)39-45-24-33(47-39)31-11-7-29(8-12-31)30-9-13-32(14-10-30)34-25-46-40(48-34)36-23-43(17-5-21-56-43)26-51(36)37(52)22-28-15-18-44-19-16-28/h7-16,18-19,24-25,27,35-36,38H,4-6,17,20-23,26H2,1-3H3,(H,45,47)(H,46,48)(H,49,54)/t35-,36-,38-,43-/m0/s1. The lowest BCUT2D eigenvalue weighted by atomic mass is 9.96. The summed E-state index contributed by atoms with van der Waals surface area (Å²) in [7, 11) is 1.29. The molecule has 0 aliphatic carbocycles. The lowest BCUT2D eigenvalue weighted by molar-refractivity contribution is -0.135. The van der Waals surface area contributed by atoms with Crippen molar-refractivity contribution < 1.29 is 23.9 Å². The van der Waals surface area contributed by atoms with Gasteiger partial charge >= 0.3 is 6.09 Å². The Balaban J connectivity index is 0.935. The van der Waals surface area contributed by atoms with Crippen molar-refractivity contribution >= 4 is 17.9 Å². The van der Waals surface area contributed by atoms with E-state index in [1.54, 1.807) is 12.4 Å². The number of H-pyrrole nitrogens is 2. The molecule has 0 bridgehead atoms. The van der Waals surface area contributed by atoms with Crippen LogP contribution < -0.4 is 5.32 Å². The summed E-state index contributed by atoms with van der Waals surface area (Å²) in [5.74, 6) is 1.34. The summed E-state index contributed by atoms with van der Waals surface area (Å²) in [5, 5.41) is 2.70. The molecule has 0 radical (unpaired) electrons. The monoisotopic (exact) mass is 756 g/mol. The number of aromatic amines is 2. The van der Waals surface area contributed by atoms with Gasteiger partial charge in [0, 0.05) is 32.0 Å². The van der Waals surface area contributed by atoms with Gasteiger partial charge in [-0.05, 0) is 71.6 Å². The second-order valence-corrected chi connectivity index (χ2v) is 15.5. The fraction of sp³-hybridized carbons (Fsp3) is 0.395. The number of likely N-dealkylation sites (tertiary alicyclic amines) is 2. The Morgan fingerprint density at radius 3 is 2.04 bits per heavy atom. The largest absolute Gasteiger partial charge is 0.453 e. The average Bonchev–Trinajstić information content (AvgIpc) is 4.08. The van der Waals surface area contributed by atoms with Gasteiger partial charge in [0.05, 0.1) is 61.5 Å². The van der Waals surface area contributed by atoms with Gasteiger partial charge in [-0.15, -0.1) is 0 Å². The number of amides is 3. The molecule has 0 saturated carbocycles. The maximum Gasteiger partial charge on any atom is 0.407 e. The number of hydrogen-bond donors (Lipinski definition) is 3. The number of nitrogens with one attached hydrogen (secondary N) is 3. The Hall–Kier alpha value is -5.82. The second kappa shape index (κ2) is 15.7. The maximum atomic E-state index is 13.6. The van der Waals surface area contributed by atoms with Crippen LogP contribution in [0, 0.1) is 5.92 Å². The van der Waals surface area contributed by atoms with Crippen molar-refractivity contribution in [3.63, 3.8) is 0 Å². The Morgan fingerprint density at radius 1 is 0.857 bits per heavy atom. The molecule has 3 aliphatic heterocycles. The third-order valence-electron chi connectivity index (χ3n) is 11.5. The molecule has 3 amide bonds. The van der Waals surface area contributed by atoms with Gasteiger partial charge in [0.2, 0.25) is 11.8 Å². The minimum Gasteiger partial charge on any atom is -0.453 e. The first-order chi connectivity index (χ1) is 27.2. The van der Waals surface area contributed by atoms with Crippen molar-refractivity contribution in [1.82, 2.24) is 40.0 Å². The van der Waals surface area contributed by atoms with Crippen molar-refractivity contribution in [3.05, 3.63) is 103 Å². The third-order valence-corrected chi connectivity index (χ3v) is 11.5. The van der Waals surface area contributed by atoms with Crippen LogP contribution in [0.25, 0.3) is 33.6 Å². The van der Waals surface area contributed by atoms with E-state index in [2.05, 4.69) is 73.8 Å². The van der Waals surface area contributed by atoms with Gasteiger partial charge in [0.25, 0.3) is 0 Å². The van der Waals surface area contributed by atoms with Gasteiger partial charge in [-0.3, -0.25) is 14.6 Å². The van der Waals surface area contributed by atoms with Crippen LogP contribution in [0.4, 0.5) is 4.79 Å². The third kappa shape index (κ3) is 7.55. The van der Waals surface area contributed by atoms with Crippen molar-refractivity contribution in [2.45, 2.75) is 76.1 Å². The molecule has 56 heavy (non-hydrogen) atoms. The Bertz CT molecular complexity index is 2160. The topological polar surface area (TPSA) is 158 Å². The highest BCUT2D eigenvalue weighted by Gasteiger charge is 2.50. The van der Waals surface area contributed by atoms with E-state index in [-0.39, 0.29) is 35.4 Å². The first-order valence-corrected chi connectivity index (χ1v) is 19.5. The number of carbonyl (C=O) groups excluding carboxylic acids is 3. The SMILES string of the molecule is COC(=O)N[C@H](C(=O)N1CCC[C@H]1c1ncc(-c2ccc(-c3ccc(-c4cnc([C@@H]5C[C@@]6(CCCO6)CN5C(=O)Cc5ccncc5)[nH]4)cc3)cc2)[nH]1)C(C)C.